The van der Waals surface area contributed by atoms with Gasteiger partial charge in [0, 0.05) is 13.0 Å². The molecule has 12 heavy (non-hydrogen) atoms. The molecule has 5 heteroatoms. The lowest BCUT2D eigenvalue weighted by Crippen LogP contribution is -2.14. The molecule has 0 amide bonds. The molecule has 0 aromatic carbocycles. The van der Waals surface area contributed by atoms with Crippen LogP contribution in [0.2, 0.25) is 0 Å². The molecule has 2 rings (SSSR count). The van der Waals surface area contributed by atoms with E-state index in [9.17, 15) is 4.79 Å². The second-order valence-corrected chi connectivity index (χ2v) is 3.41. The van der Waals surface area contributed by atoms with E-state index in [2.05, 4.69) is 5.10 Å². The number of hydrogen-bond donors (Lipinski definition) is 0. The van der Waals surface area contributed by atoms with Gasteiger partial charge >= 0.3 is 0 Å². The van der Waals surface area contributed by atoms with E-state index in [1.807, 2.05) is 0 Å². The van der Waals surface area contributed by atoms with E-state index in [0.717, 1.165) is 12.8 Å². The van der Waals surface area contributed by atoms with Gasteiger partial charge in [0.05, 0.1) is 0 Å². The third kappa shape index (κ3) is 1.10. The number of rotatable bonds is 1. The van der Waals surface area contributed by atoms with Crippen LogP contribution in [0.4, 0.5) is 0 Å². The summed E-state index contributed by atoms with van der Waals surface area (Å²) in [6, 6.07) is 0. The summed E-state index contributed by atoms with van der Waals surface area (Å²) in [6.45, 7) is 0. The highest BCUT2D eigenvalue weighted by Crippen LogP contribution is 2.30. The quantitative estimate of drug-likeness (QED) is 0.610. The predicted molar refractivity (Wildman–Crippen MR) is 45.4 cm³/mol. The molecule has 1 aliphatic rings. The minimum Gasteiger partial charge on any atom is -0.309 e. The fourth-order valence-electron chi connectivity index (χ4n) is 1.03. The van der Waals surface area contributed by atoms with Crippen LogP contribution >= 0.6 is 12.2 Å². The third-order valence-corrected chi connectivity index (χ3v) is 2.42. The van der Waals surface area contributed by atoms with Crippen LogP contribution in [0.3, 0.4) is 0 Å². The molecule has 0 unspecified atom stereocenters. The Kier molecular flexibility index (Phi) is 1.61. The molecule has 1 aliphatic carbocycles. The van der Waals surface area contributed by atoms with Gasteiger partial charge in [-0.2, -0.15) is 9.78 Å². The second-order valence-electron chi connectivity index (χ2n) is 3.05. The average molecular weight is 183 g/mol. The van der Waals surface area contributed by atoms with Crippen LogP contribution in [0.1, 0.15) is 17.6 Å². The van der Waals surface area contributed by atoms with Crippen LogP contribution in [0, 0.1) is 10.7 Å². The van der Waals surface area contributed by atoms with Gasteiger partial charge in [-0.3, -0.25) is 4.79 Å². The Bertz CT molecular complexity index is 374. The van der Waals surface area contributed by atoms with Crippen LogP contribution in [0.5, 0.6) is 0 Å². The fourth-order valence-corrected chi connectivity index (χ4v) is 1.22. The van der Waals surface area contributed by atoms with E-state index >= 15 is 0 Å². The highest BCUT2D eigenvalue weighted by molar-refractivity contribution is 7.71. The van der Waals surface area contributed by atoms with Crippen LogP contribution in [-0.4, -0.2) is 20.3 Å². The first-order valence-electron chi connectivity index (χ1n) is 3.85. The lowest BCUT2D eigenvalue weighted by atomic mass is 10.4. The predicted octanol–water partition coefficient (Wildman–Crippen LogP) is 1.00. The van der Waals surface area contributed by atoms with Gasteiger partial charge in [0.2, 0.25) is 4.77 Å². The maximum Gasteiger partial charge on any atom is 0.252 e. The first-order chi connectivity index (χ1) is 5.70. The number of nitrogens with zero attached hydrogens (tertiary/aromatic N) is 3. The fraction of sp³-hybridized carbons (Fsp3) is 0.571. The number of aromatic nitrogens is 3. The van der Waals surface area contributed by atoms with E-state index in [0.29, 0.717) is 4.77 Å². The highest BCUT2D eigenvalue weighted by Gasteiger charge is 2.31. The molecular formula is C7H9N3OS. The zero-order valence-electron chi connectivity index (χ0n) is 6.73. The van der Waals surface area contributed by atoms with Crippen molar-refractivity contribution in [3.8, 4) is 0 Å². The van der Waals surface area contributed by atoms with Crippen molar-refractivity contribution in [1.82, 2.24) is 14.3 Å². The van der Waals surface area contributed by atoms with E-state index in [4.69, 9.17) is 12.2 Å². The molecule has 0 bridgehead atoms. The topological polar surface area (TPSA) is 39.8 Å². The number of hydrogen-bond acceptors (Lipinski definition) is 3. The Hall–Kier alpha value is -0.970. The van der Waals surface area contributed by atoms with E-state index in [1.54, 1.807) is 17.9 Å². The summed E-state index contributed by atoms with van der Waals surface area (Å²) in [5.41, 5.74) is 0. The maximum atomic E-state index is 11.5. The minimum atomic E-state index is 0.0422. The van der Waals surface area contributed by atoms with Gasteiger partial charge < -0.3 is 4.57 Å². The molecule has 1 heterocycles. The molecular weight excluding hydrogens is 174 g/mol. The summed E-state index contributed by atoms with van der Waals surface area (Å²) in [6.07, 6.45) is 3.52. The molecule has 0 saturated heterocycles. The first kappa shape index (κ1) is 7.67. The van der Waals surface area contributed by atoms with Gasteiger partial charge in [0.15, 0.2) is 0 Å². The summed E-state index contributed by atoms with van der Waals surface area (Å²) in [5.74, 6) is 0.215. The van der Waals surface area contributed by atoms with Gasteiger partial charge in [-0.25, -0.2) is 0 Å². The lowest BCUT2D eigenvalue weighted by molar-refractivity contribution is 0.0867. The number of aryl methyl sites for hydroxylation is 1. The van der Waals surface area contributed by atoms with Crippen LogP contribution in [0.15, 0.2) is 6.33 Å². The summed E-state index contributed by atoms with van der Waals surface area (Å²) in [5, 5.41) is 3.90. The molecule has 0 atom stereocenters. The molecule has 1 saturated carbocycles. The van der Waals surface area contributed by atoms with E-state index < -0.39 is 0 Å². The normalized spacial score (nSPS) is 16.4. The third-order valence-electron chi connectivity index (χ3n) is 1.96. The molecule has 64 valence electrons. The average Bonchev–Trinajstić information content (AvgIpc) is 2.82. The van der Waals surface area contributed by atoms with Crippen molar-refractivity contribution >= 4 is 18.1 Å². The SMILES string of the molecule is Cn1cnn(C(=O)C2CC2)c1=S. The highest BCUT2D eigenvalue weighted by atomic mass is 32.1. The van der Waals surface area contributed by atoms with Gasteiger partial charge in [0.25, 0.3) is 5.91 Å². The smallest absolute Gasteiger partial charge is 0.252 e. The van der Waals surface area contributed by atoms with Crippen molar-refractivity contribution in [3.63, 3.8) is 0 Å². The molecule has 0 aliphatic heterocycles. The molecule has 0 spiro atoms. The second kappa shape index (κ2) is 2.52. The van der Waals surface area contributed by atoms with Crippen molar-refractivity contribution in [1.29, 1.82) is 0 Å². The standard InChI is InChI=1S/C7H9N3OS/c1-9-4-8-10(7(9)12)6(11)5-2-3-5/h4-5H,2-3H2,1H3. The Labute approximate surface area is 74.8 Å². The van der Waals surface area contributed by atoms with Gasteiger partial charge in [0.1, 0.15) is 6.33 Å². The molecule has 4 nitrogen and oxygen atoms in total. The Balaban J connectivity index is 2.39. The van der Waals surface area contributed by atoms with Crippen LogP contribution in [-0.2, 0) is 7.05 Å². The van der Waals surface area contributed by atoms with E-state index in [1.165, 1.54) is 4.68 Å². The van der Waals surface area contributed by atoms with Crippen molar-refractivity contribution in [3.05, 3.63) is 11.1 Å². The number of carbonyl (C=O) groups excluding carboxylic acids is 1. The first-order valence-corrected chi connectivity index (χ1v) is 4.26. The van der Waals surface area contributed by atoms with Crippen molar-refractivity contribution < 1.29 is 4.79 Å². The van der Waals surface area contributed by atoms with Crippen molar-refractivity contribution in [2.45, 2.75) is 12.8 Å². The molecule has 1 aromatic heterocycles. The molecule has 1 fully saturated rings. The zero-order valence-corrected chi connectivity index (χ0v) is 7.54. The molecule has 0 radical (unpaired) electrons. The molecule has 0 N–H and O–H groups in total. The van der Waals surface area contributed by atoms with Crippen LogP contribution in [0.25, 0.3) is 0 Å². The Morgan fingerprint density at radius 2 is 2.42 bits per heavy atom. The van der Waals surface area contributed by atoms with Crippen molar-refractivity contribution in [2.75, 3.05) is 0 Å². The van der Waals surface area contributed by atoms with Crippen molar-refractivity contribution in [2.24, 2.45) is 13.0 Å². The number of carbonyl (C=O) groups is 1. The monoisotopic (exact) mass is 183 g/mol. The summed E-state index contributed by atoms with van der Waals surface area (Å²) in [7, 11) is 1.78. The van der Waals surface area contributed by atoms with Gasteiger partial charge in [-0.15, -0.1) is 0 Å². The minimum absolute atomic E-state index is 0.0422. The molecule has 1 aromatic rings. The Morgan fingerprint density at radius 3 is 2.83 bits per heavy atom. The van der Waals surface area contributed by atoms with Gasteiger partial charge in [-0.05, 0) is 25.1 Å². The summed E-state index contributed by atoms with van der Waals surface area (Å²) in [4.78, 5) is 11.5. The zero-order chi connectivity index (χ0) is 8.72. The van der Waals surface area contributed by atoms with Crippen LogP contribution < -0.4 is 0 Å². The largest absolute Gasteiger partial charge is 0.309 e. The maximum absolute atomic E-state index is 11.5. The summed E-state index contributed by atoms with van der Waals surface area (Å²) < 4.78 is 3.45. The lowest BCUT2D eigenvalue weighted by Gasteiger charge is -1.94. The summed E-state index contributed by atoms with van der Waals surface area (Å²) >= 11 is 4.99. The van der Waals surface area contributed by atoms with E-state index in [-0.39, 0.29) is 11.8 Å². The van der Waals surface area contributed by atoms with Gasteiger partial charge in [-0.1, -0.05) is 0 Å². The Morgan fingerprint density at radius 1 is 1.75 bits per heavy atom.